The van der Waals surface area contributed by atoms with Crippen molar-refractivity contribution >= 4 is 5.69 Å². The Bertz CT molecular complexity index is 364. The molecular weight excluding hydrogens is 216 g/mol. The van der Waals surface area contributed by atoms with Crippen molar-refractivity contribution in [1.29, 1.82) is 0 Å². The summed E-state index contributed by atoms with van der Waals surface area (Å²) < 4.78 is 5.34. The molecule has 3 N–H and O–H groups in total. The van der Waals surface area contributed by atoms with E-state index >= 15 is 0 Å². The first-order chi connectivity index (χ1) is 8.16. The second kappa shape index (κ2) is 5.49. The Kier molecular flexibility index (Phi) is 3.99. The predicted molar refractivity (Wildman–Crippen MR) is 67.7 cm³/mol. The summed E-state index contributed by atoms with van der Waals surface area (Å²) in [6.45, 7) is 2.20. The van der Waals surface area contributed by atoms with Crippen LogP contribution >= 0.6 is 0 Å². The Morgan fingerprint density at radius 3 is 3.06 bits per heavy atom. The largest absolute Gasteiger partial charge is 0.399 e. The van der Waals surface area contributed by atoms with Gasteiger partial charge in [-0.2, -0.15) is 0 Å². The van der Waals surface area contributed by atoms with E-state index in [1.165, 1.54) is 0 Å². The quantitative estimate of drug-likeness (QED) is 0.766. The number of nitrogens with two attached hydrogens (primary N) is 1. The van der Waals surface area contributed by atoms with Gasteiger partial charge >= 0.3 is 0 Å². The minimum Gasteiger partial charge on any atom is -0.399 e. The third-order valence-corrected chi connectivity index (χ3v) is 3.29. The van der Waals surface area contributed by atoms with E-state index in [-0.39, 0.29) is 0 Å². The minimum atomic E-state index is -0.496. The SMILES string of the molecule is CN(CC(O)c1cccc(N)c1)C1CCOC1. The number of rotatable bonds is 4. The van der Waals surface area contributed by atoms with E-state index in [1.807, 2.05) is 31.3 Å². The lowest BCUT2D eigenvalue weighted by Gasteiger charge is -2.25. The molecular formula is C13H20N2O2. The van der Waals surface area contributed by atoms with Crippen molar-refractivity contribution < 1.29 is 9.84 Å². The first-order valence-electron chi connectivity index (χ1n) is 5.98. The number of nitrogen functional groups attached to an aromatic ring is 1. The van der Waals surface area contributed by atoms with E-state index in [4.69, 9.17) is 10.5 Å². The van der Waals surface area contributed by atoms with Crippen molar-refractivity contribution in [3.63, 3.8) is 0 Å². The summed E-state index contributed by atoms with van der Waals surface area (Å²) in [6, 6.07) is 7.84. The van der Waals surface area contributed by atoms with Crippen molar-refractivity contribution in [2.24, 2.45) is 0 Å². The van der Waals surface area contributed by atoms with Crippen LogP contribution in [0.3, 0.4) is 0 Å². The third-order valence-electron chi connectivity index (χ3n) is 3.29. The van der Waals surface area contributed by atoms with E-state index in [0.29, 0.717) is 18.3 Å². The van der Waals surface area contributed by atoms with Gasteiger partial charge in [0, 0.05) is 24.9 Å². The Morgan fingerprint density at radius 2 is 2.41 bits per heavy atom. The molecule has 0 spiro atoms. The maximum absolute atomic E-state index is 10.1. The Morgan fingerprint density at radius 1 is 1.59 bits per heavy atom. The van der Waals surface area contributed by atoms with Crippen LogP contribution in [0, 0.1) is 0 Å². The molecule has 1 aromatic carbocycles. The van der Waals surface area contributed by atoms with Gasteiger partial charge in [0.2, 0.25) is 0 Å². The monoisotopic (exact) mass is 236 g/mol. The zero-order valence-corrected chi connectivity index (χ0v) is 10.2. The lowest BCUT2D eigenvalue weighted by atomic mass is 10.1. The first-order valence-corrected chi connectivity index (χ1v) is 5.98. The summed E-state index contributed by atoms with van der Waals surface area (Å²) in [5.41, 5.74) is 7.26. The number of hydrogen-bond acceptors (Lipinski definition) is 4. The molecule has 94 valence electrons. The van der Waals surface area contributed by atoms with Gasteiger partial charge in [-0.25, -0.2) is 0 Å². The Balaban J connectivity index is 1.93. The lowest BCUT2D eigenvalue weighted by Crippen LogP contribution is -2.35. The molecule has 1 saturated heterocycles. The Hall–Kier alpha value is -1.10. The average Bonchev–Trinajstić information content (AvgIpc) is 2.82. The molecule has 0 aliphatic carbocycles. The fraction of sp³-hybridized carbons (Fsp3) is 0.538. The predicted octanol–water partition coefficient (Wildman–Crippen LogP) is 1.02. The second-order valence-electron chi connectivity index (χ2n) is 4.64. The van der Waals surface area contributed by atoms with E-state index in [2.05, 4.69) is 4.90 Å². The van der Waals surface area contributed by atoms with Crippen LogP contribution in [0.25, 0.3) is 0 Å². The van der Waals surface area contributed by atoms with Crippen molar-refractivity contribution in [3.05, 3.63) is 29.8 Å². The molecule has 1 aromatic rings. The molecule has 1 aliphatic heterocycles. The van der Waals surface area contributed by atoms with E-state index in [1.54, 1.807) is 0 Å². The summed E-state index contributed by atoms with van der Waals surface area (Å²) in [6.07, 6.45) is 0.546. The van der Waals surface area contributed by atoms with E-state index in [0.717, 1.165) is 25.2 Å². The molecule has 2 atom stereocenters. The zero-order chi connectivity index (χ0) is 12.3. The molecule has 0 saturated carbocycles. The molecule has 2 unspecified atom stereocenters. The maximum Gasteiger partial charge on any atom is 0.0917 e. The minimum absolute atomic E-state index is 0.422. The van der Waals surface area contributed by atoms with Crippen LogP contribution in [-0.4, -0.2) is 42.9 Å². The molecule has 1 aliphatic rings. The van der Waals surface area contributed by atoms with Crippen LogP contribution in [0.5, 0.6) is 0 Å². The van der Waals surface area contributed by atoms with Crippen LogP contribution in [0.1, 0.15) is 18.1 Å². The molecule has 1 fully saturated rings. The summed E-state index contributed by atoms with van der Waals surface area (Å²) in [4.78, 5) is 2.15. The third kappa shape index (κ3) is 3.19. The molecule has 4 heteroatoms. The fourth-order valence-corrected chi connectivity index (χ4v) is 2.16. The molecule has 2 rings (SSSR count). The van der Waals surface area contributed by atoms with Gasteiger partial charge in [-0.05, 0) is 31.2 Å². The number of anilines is 1. The summed E-state index contributed by atoms with van der Waals surface area (Å²) in [7, 11) is 2.02. The summed E-state index contributed by atoms with van der Waals surface area (Å²) >= 11 is 0. The van der Waals surface area contributed by atoms with Crippen LogP contribution in [0.4, 0.5) is 5.69 Å². The highest BCUT2D eigenvalue weighted by Crippen LogP contribution is 2.19. The van der Waals surface area contributed by atoms with Crippen LogP contribution in [0.15, 0.2) is 24.3 Å². The van der Waals surface area contributed by atoms with Gasteiger partial charge in [-0.1, -0.05) is 12.1 Å². The van der Waals surface area contributed by atoms with Gasteiger partial charge in [0.1, 0.15) is 0 Å². The first kappa shape index (κ1) is 12.4. The molecule has 0 radical (unpaired) electrons. The number of hydrogen-bond donors (Lipinski definition) is 2. The van der Waals surface area contributed by atoms with Gasteiger partial charge in [0.15, 0.2) is 0 Å². The summed E-state index contributed by atoms with van der Waals surface area (Å²) in [5, 5.41) is 10.1. The van der Waals surface area contributed by atoms with Crippen LogP contribution in [0.2, 0.25) is 0 Å². The number of aliphatic hydroxyl groups is 1. The summed E-state index contributed by atoms with van der Waals surface area (Å²) in [5.74, 6) is 0. The molecule has 17 heavy (non-hydrogen) atoms. The standard InChI is InChI=1S/C13H20N2O2/c1-15(12-5-6-17-9-12)8-13(16)10-3-2-4-11(14)7-10/h2-4,7,12-13,16H,5-6,8-9,14H2,1H3. The molecule has 4 nitrogen and oxygen atoms in total. The van der Waals surface area contributed by atoms with Crippen molar-refractivity contribution in [3.8, 4) is 0 Å². The highest BCUT2D eigenvalue weighted by atomic mass is 16.5. The smallest absolute Gasteiger partial charge is 0.0917 e. The number of aliphatic hydroxyl groups excluding tert-OH is 1. The van der Waals surface area contributed by atoms with E-state index < -0.39 is 6.10 Å². The number of ether oxygens (including phenoxy) is 1. The van der Waals surface area contributed by atoms with E-state index in [9.17, 15) is 5.11 Å². The number of nitrogens with zero attached hydrogens (tertiary/aromatic N) is 1. The van der Waals surface area contributed by atoms with Crippen molar-refractivity contribution in [1.82, 2.24) is 4.90 Å². The fourth-order valence-electron chi connectivity index (χ4n) is 2.16. The maximum atomic E-state index is 10.1. The van der Waals surface area contributed by atoms with Gasteiger partial charge in [-0.3, -0.25) is 4.90 Å². The Labute approximate surface area is 102 Å². The molecule has 0 aromatic heterocycles. The molecule has 1 heterocycles. The topological polar surface area (TPSA) is 58.7 Å². The highest BCUT2D eigenvalue weighted by Gasteiger charge is 2.22. The normalized spacial score (nSPS) is 21.9. The van der Waals surface area contributed by atoms with Crippen molar-refractivity contribution in [2.45, 2.75) is 18.6 Å². The van der Waals surface area contributed by atoms with Gasteiger partial charge < -0.3 is 15.6 Å². The van der Waals surface area contributed by atoms with Gasteiger partial charge in [-0.15, -0.1) is 0 Å². The van der Waals surface area contributed by atoms with Crippen LogP contribution < -0.4 is 5.73 Å². The zero-order valence-electron chi connectivity index (χ0n) is 10.2. The number of likely N-dealkylation sites (N-methyl/N-ethyl adjacent to an activating group) is 1. The van der Waals surface area contributed by atoms with Gasteiger partial charge in [0.05, 0.1) is 12.7 Å². The van der Waals surface area contributed by atoms with Gasteiger partial charge in [0.25, 0.3) is 0 Å². The number of benzene rings is 1. The molecule has 0 amide bonds. The van der Waals surface area contributed by atoms with Crippen LogP contribution in [-0.2, 0) is 4.74 Å². The lowest BCUT2D eigenvalue weighted by molar-refractivity contribution is 0.0950. The second-order valence-corrected chi connectivity index (χ2v) is 4.64. The highest BCUT2D eigenvalue weighted by molar-refractivity contribution is 5.41. The van der Waals surface area contributed by atoms with Crippen molar-refractivity contribution in [2.75, 3.05) is 32.5 Å². The molecule has 0 bridgehead atoms. The average molecular weight is 236 g/mol.